The summed E-state index contributed by atoms with van der Waals surface area (Å²) in [4.78, 5) is 2.50. The van der Waals surface area contributed by atoms with E-state index in [1.165, 1.54) is 0 Å². The van der Waals surface area contributed by atoms with Gasteiger partial charge in [0.25, 0.3) is 0 Å². The molecule has 1 aliphatic heterocycles. The third kappa shape index (κ3) is 3.79. The summed E-state index contributed by atoms with van der Waals surface area (Å²) in [5.41, 5.74) is 0.361. The molecule has 14 heavy (non-hydrogen) atoms. The molecular weight excluding hydrogens is 194 g/mol. The van der Waals surface area contributed by atoms with Gasteiger partial charge in [-0.25, -0.2) is 0 Å². The third-order valence-corrected chi connectivity index (χ3v) is 3.47. The highest BCUT2D eigenvalue weighted by Crippen LogP contribution is 2.27. The standard InChI is InChI=1S/C11H23NOS/c1-11(2,3)10(9-14)8-12-4-6-13-7-5-12/h10,14H,4-9H2,1-3H3. The predicted octanol–water partition coefficient (Wildman–Crippen LogP) is 1.91. The Balaban J connectivity index is 2.39. The van der Waals surface area contributed by atoms with Crippen molar-refractivity contribution >= 4 is 12.6 Å². The molecule has 2 nitrogen and oxygen atoms in total. The first-order chi connectivity index (χ1) is 6.54. The smallest absolute Gasteiger partial charge is 0.0594 e. The number of hydrogen-bond donors (Lipinski definition) is 1. The lowest BCUT2D eigenvalue weighted by Gasteiger charge is -2.36. The Morgan fingerprint density at radius 2 is 1.86 bits per heavy atom. The fourth-order valence-electron chi connectivity index (χ4n) is 1.70. The Hall–Kier alpha value is 0.270. The van der Waals surface area contributed by atoms with Crippen molar-refractivity contribution in [1.29, 1.82) is 0 Å². The van der Waals surface area contributed by atoms with Crippen LogP contribution in [-0.2, 0) is 4.74 Å². The van der Waals surface area contributed by atoms with E-state index < -0.39 is 0 Å². The van der Waals surface area contributed by atoms with Crippen molar-refractivity contribution in [2.75, 3.05) is 38.6 Å². The van der Waals surface area contributed by atoms with Crippen LogP contribution in [0.2, 0.25) is 0 Å². The zero-order valence-electron chi connectivity index (χ0n) is 9.62. The second-order valence-corrected chi connectivity index (χ2v) is 5.52. The molecule has 1 rings (SSSR count). The SMILES string of the molecule is CC(C)(C)C(CS)CN1CCOCC1. The van der Waals surface area contributed by atoms with Crippen LogP contribution in [0, 0.1) is 11.3 Å². The average molecular weight is 217 g/mol. The minimum atomic E-state index is 0.361. The Bertz CT molecular complexity index is 161. The molecule has 1 atom stereocenters. The summed E-state index contributed by atoms with van der Waals surface area (Å²) in [6.45, 7) is 12.0. The summed E-state index contributed by atoms with van der Waals surface area (Å²) in [6, 6.07) is 0. The molecule has 0 aromatic heterocycles. The van der Waals surface area contributed by atoms with Crippen molar-refractivity contribution in [1.82, 2.24) is 4.90 Å². The van der Waals surface area contributed by atoms with Gasteiger partial charge in [0.1, 0.15) is 0 Å². The Labute approximate surface area is 93.4 Å². The van der Waals surface area contributed by atoms with E-state index in [1.807, 2.05) is 0 Å². The molecule has 3 heteroatoms. The molecular formula is C11H23NOS. The zero-order valence-corrected chi connectivity index (χ0v) is 10.5. The molecule has 1 heterocycles. The van der Waals surface area contributed by atoms with Gasteiger partial charge in [-0.1, -0.05) is 20.8 Å². The number of hydrogen-bond acceptors (Lipinski definition) is 3. The van der Waals surface area contributed by atoms with Crippen LogP contribution in [0.15, 0.2) is 0 Å². The Kier molecular flexibility index (Phi) is 4.74. The minimum Gasteiger partial charge on any atom is -0.379 e. The second kappa shape index (κ2) is 5.38. The lowest BCUT2D eigenvalue weighted by molar-refractivity contribution is 0.0233. The monoisotopic (exact) mass is 217 g/mol. The Morgan fingerprint density at radius 3 is 2.29 bits per heavy atom. The lowest BCUT2D eigenvalue weighted by Crippen LogP contribution is -2.42. The maximum Gasteiger partial charge on any atom is 0.0594 e. The van der Waals surface area contributed by atoms with Crippen molar-refractivity contribution < 1.29 is 4.74 Å². The van der Waals surface area contributed by atoms with Crippen molar-refractivity contribution in [3.8, 4) is 0 Å². The second-order valence-electron chi connectivity index (χ2n) is 5.16. The van der Waals surface area contributed by atoms with Crippen molar-refractivity contribution in [3.05, 3.63) is 0 Å². The van der Waals surface area contributed by atoms with Crippen LogP contribution in [0.5, 0.6) is 0 Å². The summed E-state index contributed by atoms with van der Waals surface area (Å²) < 4.78 is 5.34. The summed E-state index contributed by atoms with van der Waals surface area (Å²) in [5, 5.41) is 0. The van der Waals surface area contributed by atoms with Crippen LogP contribution in [0.25, 0.3) is 0 Å². The first-order valence-corrected chi connectivity index (χ1v) is 6.08. The Morgan fingerprint density at radius 1 is 1.29 bits per heavy atom. The van der Waals surface area contributed by atoms with Gasteiger partial charge in [-0.05, 0) is 17.1 Å². The normalized spacial score (nSPS) is 22.3. The molecule has 0 N–H and O–H groups in total. The van der Waals surface area contributed by atoms with E-state index in [9.17, 15) is 0 Å². The largest absolute Gasteiger partial charge is 0.379 e. The number of thiol groups is 1. The van der Waals surface area contributed by atoms with Gasteiger partial charge < -0.3 is 4.74 Å². The number of morpholine rings is 1. The molecule has 1 unspecified atom stereocenters. The first kappa shape index (κ1) is 12.3. The minimum absolute atomic E-state index is 0.361. The average Bonchev–Trinajstić information content (AvgIpc) is 2.14. The molecule has 0 saturated carbocycles. The summed E-state index contributed by atoms with van der Waals surface area (Å²) in [7, 11) is 0. The van der Waals surface area contributed by atoms with Crippen LogP contribution in [0.3, 0.4) is 0 Å². The van der Waals surface area contributed by atoms with E-state index in [4.69, 9.17) is 4.74 Å². The highest BCUT2D eigenvalue weighted by Gasteiger charge is 2.25. The van der Waals surface area contributed by atoms with Gasteiger partial charge in [0, 0.05) is 19.6 Å². The number of ether oxygens (including phenoxy) is 1. The van der Waals surface area contributed by atoms with Crippen molar-refractivity contribution in [3.63, 3.8) is 0 Å². The van der Waals surface area contributed by atoms with E-state index >= 15 is 0 Å². The maximum absolute atomic E-state index is 5.34. The summed E-state index contributed by atoms with van der Waals surface area (Å²) >= 11 is 4.45. The number of rotatable bonds is 3. The van der Waals surface area contributed by atoms with Gasteiger partial charge in [0.15, 0.2) is 0 Å². The zero-order chi connectivity index (χ0) is 10.6. The molecule has 0 amide bonds. The van der Waals surface area contributed by atoms with Crippen LogP contribution >= 0.6 is 12.6 Å². The van der Waals surface area contributed by atoms with Crippen LogP contribution in [0.4, 0.5) is 0 Å². The van der Waals surface area contributed by atoms with E-state index in [-0.39, 0.29) is 0 Å². The van der Waals surface area contributed by atoms with Crippen LogP contribution in [0.1, 0.15) is 20.8 Å². The molecule has 1 aliphatic rings. The highest BCUT2D eigenvalue weighted by atomic mass is 32.1. The maximum atomic E-state index is 5.34. The van der Waals surface area contributed by atoms with Crippen molar-refractivity contribution in [2.45, 2.75) is 20.8 Å². The molecule has 0 aliphatic carbocycles. The van der Waals surface area contributed by atoms with E-state index in [0.29, 0.717) is 11.3 Å². The van der Waals surface area contributed by atoms with E-state index in [0.717, 1.165) is 38.6 Å². The number of nitrogens with zero attached hydrogens (tertiary/aromatic N) is 1. The molecule has 1 saturated heterocycles. The fraction of sp³-hybridized carbons (Fsp3) is 1.00. The van der Waals surface area contributed by atoms with Gasteiger partial charge in [-0.2, -0.15) is 12.6 Å². The van der Waals surface area contributed by atoms with Gasteiger partial charge >= 0.3 is 0 Å². The third-order valence-electron chi connectivity index (χ3n) is 3.03. The van der Waals surface area contributed by atoms with Gasteiger partial charge in [-0.15, -0.1) is 0 Å². The first-order valence-electron chi connectivity index (χ1n) is 5.45. The molecule has 0 radical (unpaired) electrons. The van der Waals surface area contributed by atoms with Crippen LogP contribution < -0.4 is 0 Å². The summed E-state index contributed by atoms with van der Waals surface area (Å²) in [6.07, 6.45) is 0. The molecule has 0 aromatic rings. The van der Waals surface area contributed by atoms with Gasteiger partial charge in [0.2, 0.25) is 0 Å². The van der Waals surface area contributed by atoms with Gasteiger partial charge in [-0.3, -0.25) is 4.90 Å². The predicted molar refractivity (Wildman–Crippen MR) is 64.1 cm³/mol. The molecule has 0 spiro atoms. The quantitative estimate of drug-likeness (QED) is 0.725. The molecule has 1 fully saturated rings. The molecule has 0 bridgehead atoms. The highest BCUT2D eigenvalue weighted by molar-refractivity contribution is 7.80. The van der Waals surface area contributed by atoms with Gasteiger partial charge in [0.05, 0.1) is 13.2 Å². The lowest BCUT2D eigenvalue weighted by atomic mass is 9.81. The fourth-order valence-corrected chi connectivity index (χ4v) is 2.36. The molecule has 0 aromatic carbocycles. The summed E-state index contributed by atoms with van der Waals surface area (Å²) in [5.74, 6) is 1.64. The van der Waals surface area contributed by atoms with Crippen LogP contribution in [-0.4, -0.2) is 43.5 Å². The van der Waals surface area contributed by atoms with E-state index in [2.05, 4.69) is 38.3 Å². The topological polar surface area (TPSA) is 12.5 Å². The molecule has 84 valence electrons. The van der Waals surface area contributed by atoms with E-state index in [1.54, 1.807) is 0 Å². The van der Waals surface area contributed by atoms with Crippen molar-refractivity contribution in [2.24, 2.45) is 11.3 Å².